The number of nitrogens with one attached hydrogen (secondary N) is 1. The minimum Gasteiger partial charge on any atom is -0.481 e. The molecule has 19 heavy (non-hydrogen) atoms. The molecule has 0 spiro atoms. The molecule has 0 aromatic carbocycles. The lowest BCUT2D eigenvalue weighted by Gasteiger charge is -2.27. The van der Waals surface area contributed by atoms with Crippen molar-refractivity contribution in [1.82, 2.24) is 4.98 Å². The highest BCUT2D eigenvalue weighted by Crippen LogP contribution is 2.31. The topological polar surface area (TPSA) is 62.2 Å². The van der Waals surface area contributed by atoms with Gasteiger partial charge in [0.25, 0.3) is 0 Å². The van der Waals surface area contributed by atoms with Crippen molar-refractivity contribution < 1.29 is 9.90 Å². The van der Waals surface area contributed by atoms with E-state index < -0.39 is 5.97 Å². The lowest BCUT2D eigenvalue weighted by molar-refractivity contribution is -0.142. The van der Waals surface area contributed by atoms with Gasteiger partial charge in [0.2, 0.25) is 0 Å². The smallest absolute Gasteiger partial charge is 0.306 e. The van der Waals surface area contributed by atoms with Crippen LogP contribution in [0, 0.1) is 5.92 Å². The Labute approximate surface area is 115 Å². The number of pyridine rings is 1. The summed E-state index contributed by atoms with van der Waals surface area (Å²) in [6, 6.07) is 4.40. The van der Waals surface area contributed by atoms with E-state index in [0.29, 0.717) is 6.04 Å². The number of rotatable bonds is 3. The van der Waals surface area contributed by atoms with Crippen LogP contribution >= 0.6 is 11.3 Å². The van der Waals surface area contributed by atoms with Crippen LogP contribution in [0.25, 0.3) is 10.2 Å². The van der Waals surface area contributed by atoms with Crippen molar-refractivity contribution in [3.05, 3.63) is 23.7 Å². The van der Waals surface area contributed by atoms with Gasteiger partial charge >= 0.3 is 5.97 Å². The van der Waals surface area contributed by atoms with Crippen molar-refractivity contribution in [3.8, 4) is 0 Å². The van der Waals surface area contributed by atoms with Gasteiger partial charge in [-0.15, -0.1) is 11.3 Å². The predicted molar refractivity (Wildman–Crippen MR) is 76.6 cm³/mol. The number of nitrogens with zero attached hydrogens (tertiary/aromatic N) is 1. The molecule has 0 aliphatic heterocycles. The maximum atomic E-state index is 10.9. The minimum atomic E-state index is -0.650. The van der Waals surface area contributed by atoms with E-state index in [2.05, 4.69) is 10.3 Å². The molecule has 0 unspecified atom stereocenters. The summed E-state index contributed by atoms with van der Waals surface area (Å²) in [5, 5.41) is 14.6. The average Bonchev–Trinajstić information content (AvgIpc) is 2.89. The van der Waals surface area contributed by atoms with Crippen molar-refractivity contribution in [3.63, 3.8) is 0 Å². The maximum absolute atomic E-state index is 10.9. The number of aromatic nitrogens is 1. The van der Waals surface area contributed by atoms with Crippen LogP contribution in [0.15, 0.2) is 23.7 Å². The normalized spacial score (nSPS) is 23.4. The van der Waals surface area contributed by atoms with Gasteiger partial charge in [0, 0.05) is 12.2 Å². The Morgan fingerprint density at radius 2 is 2.11 bits per heavy atom. The molecule has 0 saturated heterocycles. The van der Waals surface area contributed by atoms with Gasteiger partial charge in [-0.1, -0.05) is 0 Å². The zero-order chi connectivity index (χ0) is 13.2. The van der Waals surface area contributed by atoms with Gasteiger partial charge in [0.1, 0.15) is 0 Å². The third kappa shape index (κ3) is 2.56. The molecule has 2 N–H and O–H groups in total. The molecule has 1 aliphatic rings. The number of hydrogen-bond donors (Lipinski definition) is 2. The van der Waals surface area contributed by atoms with Gasteiger partial charge in [-0.25, -0.2) is 0 Å². The lowest BCUT2D eigenvalue weighted by Crippen LogP contribution is -2.29. The summed E-state index contributed by atoms with van der Waals surface area (Å²) in [5.74, 6) is -0.805. The molecular formula is C14H16N2O2S. The third-order valence-corrected chi connectivity index (χ3v) is 4.72. The van der Waals surface area contributed by atoms with E-state index in [0.717, 1.165) is 36.9 Å². The molecule has 2 aromatic rings. The van der Waals surface area contributed by atoms with E-state index in [1.54, 1.807) is 11.3 Å². The largest absolute Gasteiger partial charge is 0.481 e. The number of fused-ring (bicyclic) bond motifs is 1. The molecule has 100 valence electrons. The highest BCUT2D eigenvalue weighted by atomic mass is 32.1. The van der Waals surface area contributed by atoms with Crippen LogP contribution in [0.2, 0.25) is 0 Å². The first-order valence-corrected chi connectivity index (χ1v) is 7.43. The van der Waals surface area contributed by atoms with Crippen molar-refractivity contribution in [1.29, 1.82) is 0 Å². The number of thiophene rings is 1. The summed E-state index contributed by atoms with van der Waals surface area (Å²) in [7, 11) is 0. The highest BCUT2D eigenvalue weighted by molar-refractivity contribution is 7.17. The fourth-order valence-corrected chi connectivity index (χ4v) is 3.52. The molecule has 5 heteroatoms. The molecule has 0 radical (unpaired) electrons. The van der Waals surface area contributed by atoms with Gasteiger partial charge < -0.3 is 10.4 Å². The van der Waals surface area contributed by atoms with Crippen LogP contribution in [0.3, 0.4) is 0 Å². The van der Waals surface area contributed by atoms with E-state index in [4.69, 9.17) is 5.11 Å². The Morgan fingerprint density at radius 1 is 1.32 bits per heavy atom. The minimum absolute atomic E-state index is 0.155. The summed E-state index contributed by atoms with van der Waals surface area (Å²) < 4.78 is 1.18. The third-order valence-electron chi connectivity index (χ3n) is 3.78. The maximum Gasteiger partial charge on any atom is 0.306 e. The zero-order valence-corrected chi connectivity index (χ0v) is 11.3. The van der Waals surface area contributed by atoms with Crippen LogP contribution in [0.4, 0.5) is 5.69 Å². The Balaban J connectivity index is 1.69. The number of anilines is 1. The molecule has 4 nitrogen and oxygen atoms in total. The van der Waals surface area contributed by atoms with Gasteiger partial charge in [-0.05, 0) is 43.2 Å². The van der Waals surface area contributed by atoms with Gasteiger partial charge in [0.15, 0.2) is 0 Å². The Hall–Kier alpha value is -1.62. The van der Waals surface area contributed by atoms with E-state index in [9.17, 15) is 4.79 Å². The molecule has 1 fully saturated rings. The first-order valence-electron chi connectivity index (χ1n) is 6.55. The number of carbonyl (C=O) groups is 1. The van der Waals surface area contributed by atoms with Gasteiger partial charge in [0.05, 0.1) is 21.8 Å². The van der Waals surface area contributed by atoms with Crippen LogP contribution in [0.5, 0.6) is 0 Å². The number of aliphatic carboxylic acids is 1. The van der Waals surface area contributed by atoms with Crippen LogP contribution in [-0.2, 0) is 4.79 Å². The van der Waals surface area contributed by atoms with Crippen LogP contribution < -0.4 is 5.32 Å². The fourth-order valence-electron chi connectivity index (χ4n) is 2.69. The van der Waals surface area contributed by atoms with E-state index in [1.165, 1.54) is 4.70 Å². The molecule has 3 rings (SSSR count). The Bertz CT molecular complexity index is 588. The first kappa shape index (κ1) is 12.4. The van der Waals surface area contributed by atoms with Crippen molar-refractivity contribution in [2.75, 3.05) is 5.32 Å². The Kier molecular flexibility index (Phi) is 3.38. The number of carboxylic acid groups (broad SMARTS) is 1. The Morgan fingerprint density at radius 3 is 2.84 bits per heavy atom. The summed E-state index contributed by atoms with van der Waals surface area (Å²) in [5.41, 5.74) is 2.15. The lowest BCUT2D eigenvalue weighted by atomic mass is 9.86. The zero-order valence-electron chi connectivity index (χ0n) is 10.5. The SMILES string of the molecule is O=C(O)C1CCC(Nc2ccnc3ccsc23)CC1. The molecule has 1 aliphatic carbocycles. The van der Waals surface area contributed by atoms with Gasteiger partial charge in [-0.2, -0.15) is 0 Å². The monoisotopic (exact) mass is 276 g/mol. The molecule has 2 aromatic heterocycles. The van der Waals surface area contributed by atoms with E-state index in [1.807, 2.05) is 23.7 Å². The number of carboxylic acids is 1. The quantitative estimate of drug-likeness (QED) is 0.902. The summed E-state index contributed by atoms with van der Waals surface area (Å²) in [4.78, 5) is 15.3. The second-order valence-corrected chi connectivity index (χ2v) is 5.94. The molecule has 0 atom stereocenters. The van der Waals surface area contributed by atoms with Crippen LogP contribution in [-0.4, -0.2) is 22.1 Å². The predicted octanol–water partition coefficient (Wildman–Crippen LogP) is 3.35. The second kappa shape index (κ2) is 5.17. The molecular weight excluding hydrogens is 260 g/mol. The number of hydrogen-bond acceptors (Lipinski definition) is 4. The molecule has 2 heterocycles. The van der Waals surface area contributed by atoms with Crippen molar-refractivity contribution >= 4 is 33.2 Å². The van der Waals surface area contributed by atoms with Crippen molar-refractivity contribution in [2.45, 2.75) is 31.7 Å². The van der Waals surface area contributed by atoms with Crippen LogP contribution in [0.1, 0.15) is 25.7 Å². The second-order valence-electron chi connectivity index (χ2n) is 5.02. The highest BCUT2D eigenvalue weighted by Gasteiger charge is 2.26. The average molecular weight is 276 g/mol. The van der Waals surface area contributed by atoms with Crippen molar-refractivity contribution in [2.24, 2.45) is 5.92 Å². The standard InChI is InChI=1S/C14H16N2O2S/c17-14(18)9-1-3-10(4-2-9)16-12-5-7-15-11-6-8-19-13(11)12/h5-10H,1-4H2,(H,15,16)(H,17,18). The molecule has 1 saturated carbocycles. The summed E-state index contributed by atoms with van der Waals surface area (Å²) in [6.45, 7) is 0. The fraction of sp³-hybridized carbons (Fsp3) is 0.429. The van der Waals surface area contributed by atoms with Gasteiger partial charge in [-0.3, -0.25) is 9.78 Å². The molecule has 0 bridgehead atoms. The summed E-state index contributed by atoms with van der Waals surface area (Å²) in [6.07, 6.45) is 5.20. The van der Waals surface area contributed by atoms with E-state index in [-0.39, 0.29) is 5.92 Å². The van der Waals surface area contributed by atoms with E-state index >= 15 is 0 Å². The summed E-state index contributed by atoms with van der Waals surface area (Å²) >= 11 is 1.69. The molecule has 0 amide bonds. The first-order chi connectivity index (χ1) is 9.24.